The van der Waals surface area contributed by atoms with Crippen LogP contribution in [-0.4, -0.2) is 42.7 Å². The predicted molar refractivity (Wildman–Crippen MR) is 120 cm³/mol. The molecule has 2 N–H and O–H groups in total. The number of urea groups is 1. The maximum atomic E-state index is 12.7. The number of para-hydroxylation sites is 1. The molecule has 3 aromatic rings. The fraction of sp³-hybridized carbons (Fsp3) is 0.417. The molecule has 2 amide bonds. The number of oxazole rings is 1. The number of aromatic nitrogens is 1. The summed E-state index contributed by atoms with van der Waals surface area (Å²) in [5.41, 5.74) is 3.35. The van der Waals surface area contributed by atoms with Crippen molar-refractivity contribution in [3.05, 3.63) is 53.9 Å². The molecule has 2 aromatic carbocycles. The zero-order valence-electron chi connectivity index (χ0n) is 17.8. The van der Waals surface area contributed by atoms with E-state index in [1.165, 1.54) is 12.8 Å². The van der Waals surface area contributed by atoms with Gasteiger partial charge in [0.05, 0.1) is 13.2 Å². The minimum absolute atomic E-state index is 0.0727. The van der Waals surface area contributed by atoms with E-state index in [2.05, 4.69) is 26.6 Å². The van der Waals surface area contributed by atoms with Crippen LogP contribution in [-0.2, 0) is 0 Å². The highest BCUT2D eigenvalue weighted by Gasteiger charge is 2.29. The number of carbonyl (C=O) groups excluding carboxylic acids is 1. The summed E-state index contributed by atoms with van der Waals surface area (Å²) in [6.45, 7) is 2.56. The quantitative estimate of drug-likeness (QED) is 0.581. The number of hydrogen-bond donors (Lipinski definition) is 2. The van der Waals surface area contributed by atoms with Gasteiger partial charge in [-0.25, -0.2) is 9.78 Å². The Morgan fingerprint density at radius 2 is 2.03 bits per heavy atom. The first kappa shape index (κ1) is 19.9. The third-order valence-corrected chi connectivity index (χ3v) is 6.12. The van der Waals surface area contributed by atoms with E-state index >= 15 is 0 Å². The number of hydrogen-bond acceptors (Lipinski definition) is 5. The molecule has 0 bridgehead atoms. The van der Waals surface area contributed by atoms with Gasteiger partial charge in [0.2, 0.25) is 0 Å². The number of nitrogens with one attached hydrogen (secondary N) is 2. The molecule has 7 heteroatoms. The molecule has 31 heavy (non-hydrogen) atoms. The molecule has 1 aliphatic heterocycles. The highest BCUT2D eigenvalue weighted by Crippen LogP contribution is 2.40. The average Bonchev–Trinajstić information content (AvgIpc) is 3.32. The molecule has 1 atom stereocenters. The van der Waals surface area contributed by atoms with Gasteiger partial charge in [0.25, 0.3) is 0 Å². The second kappa shape index (κ2) is 8.59. The fourth-order valence-electron chi connectivity index (χ4n) is 4.32. The lowest BCUT2D eigenvalue weighted by molar-refractivity contribution is 0.224. The van der Waals surface area contributed by atoms with E-state index in [1.807, 2.05) is 36.4 Å². The van der Waals surface area contributed by atoms with Crippen molar-refractivity contribution in [3.8, 4) is 5.75 Å². The lowest BCUT2D eigenvalue weighted by atomic mass is 10.0. The zero-order chi connectivity index (χ0) is 21.2. The summed E-state index contributed by atoms with van der Waals surface area (Å²) in [4.78, 5) is 19.6. The lowest BCUT2D eigenvalue weighted by Gasteiger charge is -2.29. The number of likely N-dealkylation sites (tertiary alicyclic amines) is 1. The molecular weight excluding hydrogens is 392 g/mol. The summed E-state index contributed by atoms with van der Waals surface area (Å²) in [5, 5.41) is 5.98. The van der Waals surface area contributed by atoms with Crippen LogP contribution in [0.1, 0.15) is 49.1 Å². The molecule has 2 aliphatic rings. The molecule has 1 unspecified atom stereocenters. The normalized spacial score (nSPS) is 17.6. The minimum Gasteiger partial charge on any atom is -0.496 e. The molecule has 0 spiro atoms. The van der Waals surface area contributed by atoms with E-state index in [0.717, 1.165) is 54.2 Å². The number of anilines is 1. The Kier molecular flexibility index (Phi) is 5.51. The Morgan fingerprint density at radius 1 is 1.23 bits per heavy atom. The number of methoxy groups -OCH3 is 1. The SMILES string of the molecule is COc1ccccc1C(CNC(=O)Nc1ccc2oc(C3CC3)nc2c1)N1CCCC1. The smallest absolute Gasteiger partial charge is 0.319 e. The number of ether oxygens (including phenoxy) is 1. The van der Waals surface area contributed by atoms with E-state index < -0.39 is 0 Å². The Balaban J connectivity index is 1.26. The Labute approximate surface area is 181 Å². The van der Waals surface area contributed by atoms with Crippen LogP contribution in [0.5, 0.6) is 5.75 Å². The Morgan fingerprint density at radius 3 is 2.81 bits per heavy atom. The van der Waals surface area contributed by atoms with Crippen LogP contribution in [0.25, 0.3) is 11.1 Å². The van der Waals surface area contributed by atoms with Gasteiger partial charge in [-0.2, -0.15) is 0 Å². The highest BCUT2D eigenvalue weighted by molar-refractivity contribution is 5.91. The van der Waals surface area contributed by atoms with Crippen LogP contribution in [0.15, 0.2) is 46.9 Å². The molecule has 2 heterocycles. The Hall–Kier alpha value is -3.06. The van der Waals surface area contributed by atoms with Crippen LogP contribution in [0, 0.1) is 0 Å². The van der Waals surface area contributed by atoms with Crippen molar-refractivity contribution in [2.45, 2.75) is 37.6 Å². The summed E-state index contributed by atoms with van der Waals surface area (Å²) in [6.07, 6.45) is 4.65. The second-order valence-electron chi connectivity index (χ2n) is 8.34. The van der Waals surface area contributed by atoms with E-state index in [0.29, 0.717) is 18.2 Å². The van der Waals surface area contributed by atoms with Gasteiger partial charge >= 0.3 is 6.03 Å². The van der Waals surface area contributed by atoms with Crippen molar-refractivity contribution in [2.75, 3.05) is 32.1 Å². The van der Waals surface area contributed by atoms with Gasteiger partial charge in [-0.05, 0) is 63.0 Å². The third kappa shape index (κ3) is 4.37. The summed E-state index contributed by atoms with van der Waals surface area (Å²) >= 11 is 0. The van der Waals surface area contributed by atoms with Gasteiger partial charge in [0, 0.05) is 23.7 Å². The molecule has 0 radical (unpaired) electrons. The van der Waals surface area contributed by atoms with Crippen LogP contribution >= 0.6 is 0 Å². The first-order valence-corrected chi connectivity index (χ1v) is 11.0. The number of nitrogens with zero attached hydrogens (tertiary/aromatic N) is 2. The van der Waals surface area contributed by atoms with Gasteiger partial charge in [0.1, 0.15) is 11.3 Å². The van der Waals surface area contributed by atoms with E-state index in [4.69, 9.17) is 9.15 Å². The average molecular weight is 421 g/mol. The molecule has 2 fully saturated rings. The van der Waals surface area contributed by atoms with Crippen LogP contribution in [0.2, 0.25) is 0 Å². The van der Waals surface area contributed by atoms with E-state index in [-0.39, 0.29) is 12.1 Å². The van der Waals surface area contributed by atoms with Gasteiger partial charge < -0.3 is 19.8 Å². The maximum Gasteiger partial charge on any atom is 0.319 e. The second-order valence-corrected chi connectivity index (χ2v) is 8.34. The van der Waals surface area contributed by atoms with Crippen molar-refractivity contribution < 1.29 is 13.9 Å². The van der Waals surface area contributed by atoms with E-state index in [9.17, 15) is 4.79 Å². The summed E-state index contributed by atoms with van der Waals surface area (Å²) in [5.74, 6) is 2.12. The minimum atomic E-state index is -0.232. The number of benzene rings is 2. The molecule has 162 valence electrons. The summed E-state index contributed by atoms with van der Waals surface area (Å²) in [6, 6.07) is 13.5. The zero-order valence-corrected chi connectivity index (χ0v) is 17.8. The van der Waals surface area contributed by atoms with Gasteiger partial charge in [-0.15, -0.1) is 0 Å². The number of rotatable bonds is 7. The van der Waals surface area contributed by atoms with Crippen LogP contribution in [0.3, 0.4) is 0 Å². The van der Waals surface area contributed by atoms with Crippen molar-refractivity contribution in [1.29, 1.82) is 0 Å². The highest BCUT2D eigenvalue weighted by atomic mass is 16.5. The van der Waals surface area contributed by atoms with Crippen LogP contribution in [0.4, 0.5) is 10.5 Å². The summed E-state index contributed by atoms with van der Waals surface area (Å²) < 4.78 is 11.4. The third-order valence-electron chi connectivity index (χ3n) is 6.12. The van der Waals surface area contributed by atoms with Gasteiger partial charge in [0.15, 0.2) is 11.5 Å². The van der Waals surface area contributed by atoms with Crippen molar-refractivity contribution >= 4 is 22.8 Å². The number of fused-ring (bicyclic) bond motifs is 1. The molecule has 5 rings (SSSR count). The monoisotopic (exact) mass is 420 g/mol. The number of amides is 2. The molecular formula is C24H28N4O3. The van der Waals surface area contributed by atoms with Crippen molar-refractivity contribution in [1.82, 2.24) is 15.2 Å². The standard InChI is InChI=1S/C24H28N4O3/c1-30-21-7-3-2-6-18(21)20(28-12-4-5-13-28)15-25-24(29)26-17-10-11-22-19(14-17)27-23(31-22)16-8-9-16/h2-3,6-7,10-11,14,16,20H,4-5,8-9,12-13,15H2,1H3,(H2,25,26,29). The molecule has 1 aliphatic carbocycles. The lowest BCUT2D eigenvalue weighted by Crippen LogP contribution is -2.38. The van der Waals surface area contributed by atoms with Crippen molar-refractivity contribution in [3.63, 3.8) is 0 Å². The molecule has 7 nitrogen and oxygen atoms in total. The van der Waals surface area contributed by atoms with Gasteiger partial charge in [-0.3, -0.25) is 4.90 Å². The Bertz CT molecular complexity index is 1070. The molecule has 1 saturated carbocycles. The first-order valence-electron chi connectivity index (χ1n) is 11.0. The number of carbonyl (C=O) groups is 1. The molecule has 1 saturated heterocycles. The van der Waals surface area contributed by atoms with Crippen LogP contribution < -0.4 is 15.4 Å². The van der Waals surface area contributed by atoms with Gasteiger partial charge in [-0.1, -0.05) is 18.2 Å². The molecule has 1 aromatic heterocycles. The first-order chi connectivity index (χ1) is 15.2. The summed E-state index contributed by atoms with van der Waals surface area (Å²) in [7, 11) is 1.69. The predicted octanol–water partition coefficient (Wildman–Crippen LogP) is 4.67. The topological polar surface area (TPSA) is 79.6 Å². The largest absolute Gasteiger partial charge is 0.496 e. The van der Waals surface area contributed by atoms with Crippen molar-refractivity contribution in [2.24, 2.45) is 0 Å². The van der Waals surface area contributed by atoms with E-state index in [1.54, 1.807) is 7.11 Å². The fourth-order valence-corrected chi connectivity index (χ4v) is 4.32. The maximum absolute atomic E-state index is 12.7.